The number of benzene rings is 1. The Morgan fingerprint density at radius 1 is 1.32 bits per heavy atom. The van der Waals surface area contributed by atoms with Crippen LogP contribution in [0, 0.1) is 0 Å². The molecule has 1 heterocycles. The van der Waals surface area contributed by atoms with E-state index in [9.17, 15) is 14.3 Å². The van der Waals surface area contributed by atoms with Crippen molar-refractivity contribution < 1.29 is 19.0 Å². The first-order valence-corrected chi connectivity index (χ1v) is 6.41. The van der Waals surface area contributed by atoms with E-state index in [0.29, 0.717) is 31.9 Å². The van der Waals surface area contributed by atoms with Gasteiger partial charge in [0.15, 0.2) is 12.1 Å². The van der Waals surface area contributed by atoms with Crippen LogP contribution in [0.1, 0.15) is 16.8 Å². The van der Waals surface area contributed by atoms with E-state index in [2.05, 4.69) is 0 Å². The number of Topliss-reactive ketones (excluding diaryl/α,β-unsaturated/α-hetero) is 1. The lowest BCUT2D eigenvalue weighted by Crippen LogP contribution is -2.43. The number of morpholine rings is 1. The van der Waals surface area contributed by atoms with E-state index < -0.39 is 18.2 Å². The molecule has 1 aromatic carbocycles. The highest BCUT2D eigenvalue weighted by Gasteiger charge is 2.26. The summed E-state index contributed by atoms with van der Waals surface area (Å²) < 4.78 is 19.1. The molecule has 2 unspecified atom stereocenters. The number of rotatable bonds is 5. The zero-order chi connectivity index (χ0) is 13.7. The molecule has 5 heteroatoms. The highest BCUT2D eigenvalue weighted by molar-refractivity contribution is 5.99. The summed E-state index contributed by atoms with van der Waals surface area (Å²) in [5.41, 5.74) is 0.407. The molecule has 1 aliphatic rings. The van der Waals surface area contributed by atoms with E-state index >= 15 is 0 Å². The molecule has 19 heavy (non-hydrogen) atoms. The molecule has 1 saturated heterocycles. The predicted octanol–water partition coefficient (Wildman–Crippen LogP) is 1.25. The molecule has 1 aromatic rings. The molecule has 0 bridgehead atoms. The van der Waals surface area contributed by atoms with Gasteiger partial charge in [0.2, 0.25) is 0 Å². The molecule has 0 aromatic heterocycles. The third-order valence-electron chi connectivity index (χ3n) is 3.22. The number of carbonyl (C=O) groups excluding carboxylic acids is 1. The number of ketones is 1. The van der Waals surface area contributed by atoms with Gasteiger partial charge < -0.3 is 9.84 Å². The number of alkyl halides is 1. The zero-order valence-electron chi connectivity index (χ0n) is 10.7. The number of halogens is 1. The van der Waals surface area contributed by atoms with Crippen molar-refractivity contribution in [2.45, 2.75) is 18.8 Å². The Morgan fingerprint density at radius 2 is 1.95 bits per heavy atom. The normalized spacial score (nSPS) is 19.9. The average Bonchev–Trinajstić information content (AvgIpc) is 2.48. The lowest BCUT2D eigenvalue weighted by atomic mass is 10.0. The van der Waals surface area contributed by atoms with Gasteiger partial charge >= 0.3 is 0 Å². The van der Waals surface area contributed by atoms with Crippen molar-refractivity contribution in [3.8, 4) is 0 Å². The van der Waals surface area contributed by atoms with E-state index in [4.69, 9.17) is 4.74 Å². The van der Waals surface area contributed by atoms with Gasteiger partial charge in [0.25, 0.3) is 0 Å². The van der Waals surface area contributed by atoms with Crippen LogP contribution in [-0.2, 0) is 4.74 Å². The van der Waals surface area contributed by atoms with Crippen LogP contribution in [0.5, 0.6) is 0 Å². The largest absolute Gasteiger partial charge is 0.385 e. The van der Waals surface area contributed by atoms with Crippen LogP contribution in [0.15, 0.2) is 30.3 Å². The highest BCUT2D eigenvalue weighted by atomic mass is 19.1. The van der Waals surface area contributed by atoms with Crippen molar-refractivity contribution >= 4 is 5.78 Å². The quantitative estimate of drug-likeness (QED) is 0.644. The summed E-state index contributed by atoms with van der Waals surface area (Å²) in [6.45, 7) is 1.97. The number of nitrogens with zero attached hydrogens (tertiary/aromatic N) is 1. The second kappa shape index (κ2) is 6.75. The molecule has 104 valence electrons. The number of hydrogen-bond acceptors (Lipinski definition) is 4. The van der Waals surface area contributed by atoms with E-state index in [1.54, 1.807) is 35.2 Å². The number of hydrogen-bond donors (Lipinski definition) is 1. The van der Waals surface area contributed by atoms with Gasteiger partial charge in [-0.05, 0) is 0 Å². The third kappa shape index (κ3) is 3.83. The van der Waals surface area contributed by atoms with Crippen LogP contribution in [0.3, 0.4) is 0 Å². The first-order chi connectivity index (χ1) is 9.18. The summed E-state index contributed by atoms with van der Waals surface area (Å²) >= 11 is 0. The first-order valence-electron chi connectivity index (χ1n) is 6.41. The van der Waals surface area contributed by atoms with Crippen molar-refractivity contribution in [3.05, 3.63) is 35.9 Å². The van der Waals surface area contributed by atoms with Crippen LogP contribution in [-0.4, -0.2) is 54.5 Å². The van der Waals surface area contributed by atoms with Crippen LogP contribution in [0.2, 0.25) is 0 Å². The van der Waals surface area contributed by atoms with Crippen LogP contribution in [0.4, 0.5) is 4.39 Å². The molecule has 4 nitrogen and oxygen atoms in total. The summed E-state index contributed by atoms with van der Waals surface area (Å²) in [7, 11) is 0. The van der Waals surface area contributed by atoms with E-state index in [1.165, 1.54) is 0 Å². The molecule has 2 atom stereocenters. The molecule has 0 aliphatic carbocycles. The smallest absolute Gasteiger partial charge is 0.191 e. The summed E-state index contributed by atoms with van der Waals surface area (Å²) in [4.78, 5) is 13.5. The van der Waals surface area contributed by atoms with Gasteiger partial charge in [0.1, 0.15) is 6.10 Å². The SMILES string of the molecule is O=C(c1ccccc1)C(O)CC(F)N1CCOCC1. The standard InChI is InChI=1S/C14H18FNO3/c15-13(16-6-8-19-9-7-16)10-12(17)14(18)11-4-2-1-3-5-11/h1-5,12-13,17H,6-10H2. The summed E-state index contributed by atoms with van der Waals surface area (Å²) in [5, 5.41) is 9.82. The van der Waals surface area contributed by atoms with Gasteiger partial charge in [-0.15, -0.1) is 0 Å². The Bertz CT molecular complexity index is 406. The lowest BCUT2D eigenvalue weighted by Gasteiger charge is -2.30. The van der Waals surface area contributed by atoms with E-state index in [1.807, 2.05) is 0 Å². The summed E-state index contributed by atoms with van der Waals surface area (Å²) in [6, 6.07) is 8.46. The van der Waals surface area contributed by atoms with Crippen molar-refractivity contribution in [2.75, 3.05) is 26.3 Å². The Morgan fingerprint density at radius 3 is 2.58 bits per heavy atom. The number of aliphatic hydroxyl groups excluding tert-OH is 1. The van der Waals surface area contributed by atoms with Crippen molar-refractivity contribution in [2.24, 2.45) is 0 Å². The zero-order valence-corrected chi connectivity index (χ0v) is 10.7. The molecule has 2 rings (SSSR count). The van der Waals surface area contributed by atoms with Crippen LogP contribution < -0.4 is 0 Å². The molecule has 0 saturated carbocycles. The fraction of sp³-hybridized carbons (Fsp3) is 0.500. The van der Waals surface area contributed by atoms with Crippen molar-refractivity contribution in [1.29, 1.82) is 0 Å². The summed E-state index contributed by atoms with van der Waals surface area (Å²) in [6.07, 6.45) is -2.82. The van der Waals surface area contributed by atoms with Crippen LogP contribution in [0.25, 0.3) is 0 Å². The topological polar surface area (TPSA) is 49.8 Å². The van der Waals surface area contributed by atoms with Gasteiger partial charge in [0, 0.05) is 25.1 Å². The number of ether oxygens (including phenoxy) is 1. The summed E-state index contributed by atoms with van der Waals surface area (Å²) in [5.74, 6) is -0.434. The van der Waals surface area contributed by atoms with E-state index in [-0.39, 0.29) is 6.42 Å². The van der Waals surface area contributed by atoms with Crippen molar-refractivity contribution in [3.63, 3.8) is 0 Å². The fourth-order valence-corrected chi connectivity index (χ4v) is 2.09. The van der Waals surface area contributed by atoms with Gasteiger partial charge in [-0.2, -0.15) is 0 Å². The molecule has 0 radical (unpaired) electrons. The van der Waals surface area contributed by atoms with Gasteiger partial charge in [-0.25, -0.2) is 4.39 Å². The first kappa shape index (κ1) is 14.1. The Kier molecular flexibility index (Phi) is 5.01. The number of aliphatic hydroxyl groups is 1. The Hall–Kier alpha value is -1.30. The minimum absolute atomic E-state index is 0.201. The second-order valence-corrected chi connectivity index (χ2v) is 4.56. The molecule has 1 aliphatic heterocycles. The fourth-order valence-electron chi connectivity index (χ4n) is 2.09. The Balaban J connectivity index is 1.89. The van der Waals surface area contributed by atoms with Gasteiger partial charge in [-0.1, -0.05) is 30.3 Å². The maximum absolute atomic E-state index is 14.0. The molecule has 1 N–H and O–H groups in total. The monoisotopic (exact) mass is 267 g/mol. The minimum Gasteiger partial charge on any atom is -0.385 e. The minimum atomic E-state index is -1.31. The van der Waals surface area contributed by atoms with Gasteiger partial charge in [-0.3, -0.25) is 9.69 Å². The lowest BCUT2D eigenvalue weighted by molar-refractivity contribution is -0.0349. The molecule has 1 fully saturated rings. The third-order valence-corrected chi connectivity index (χ3v) is 3.22. The molecular weight excluding hydrogens is 249 g/mol. The van der Waals surface area contributed by atoms with Crippen LogP contribution >= 0.6 is 0 Å². The molecule has 0 amide bonds. The molecule has 0 spiro atoms. The van der Waals surface area contributed by atoms with E-state index in [0.717, 1.165) is 0 Å². The maximum atomic E-state index is 14.0. The predicted molar refractivity (Wildman–Crippen MR) is 68.7 cm³/mol. The Labute approximate surface area is 111 Å². The number of carbonyl (C=O) groups is 1. The van der Waals surface area contributed by atoms with Crippen molar-refractivity contribution in [1.82, 2.24) is 4.90 Å². The average molecular weight is 267 g/mol. The maximum Gasteiger partial charge on any atom is 0.191 e. The highest BCUT2D eigenvalue weighted by Crippen LogP contribution is 2.14. The second-order valence-electron chi connectivity index (χ2n) is 4.56. The molecular formula is C14H18FNO3. The van der Waals surface area contributed by atoms with Gasteiger partial charge in [0.05, 0.1) is 13.2 Å².